The molecule has 2 aliphatic rings. The molecular formula is C17H23N3OS. The molecule has 2 N–H and O–H groups in total. The van der Waals surface area contributed by atoms with Crippen LogP contribution >= 0.6 is 12.2 Å². The van der Waals surface area contributed by atoms with E-state index in [1.807, 2.05) is 30.3 Å². The van der Waals surface area contributed by atoms with E-state index in [1.54, 1.807) is 4.90 Å². The van der Waals surface area contributed by atoms with E-state index >= 15 is 0 Å². The lowest BCUT2D eigenvalue weighted by Crippen LogP contribution is -2.68. The summed E-state index contributed by atoms with van der Waals surface area (Å²) in [6, 6.07) is 9.62. The summed E-state index contributed by atoms with van der Waals surface area (Å²) in [5.74, 6) is 0.0614. The number of amides is 1. The number of nitrogens with one attached hydrogen (secondary N) is 2. The van der Waals surface area contributed by atoms with Gasteiger partial charge in [-0.05, 0) is 64.9 Å². The van der Waals surface area contributed by atoms with Crippen LogP contribution in [0.2, 0.25) is 0 Å². The van der Waals surface area contributed by atoms with E-state index in [0.717, 1.165) is 5.69 Å². The molecule has 118 valence electrons. The molecule has 5 heteroatoms. The van der Waals surface area contributed by atoms with E-state index in [9.17, 15) is 4.79 Å². The molecule has 0 unspecified atom stereocenters. The van der Waals surface area contributed by atoms with Crippen molar-refractivity contribution in [2.24, 2.45) is 0 Å². The second-order valence-corrected chi connectivity index (χ2v) is 8.12. The van der Waals surface area contributed by atoms with Gasteiger partial charge in [0.25, 0.3) is 5.91 Å². The van der Waals surface area contributed by atoms with Crippen molar-refractivity contribution in [3.8, 4) is 0 Å². The SMILES string of the molecule is CC1(C)CC2(CC(C)(C)N1)NC(=S)N(c1ccccc1)C2=O. The fourth-order valence-electron chi connectivity index (χ4n) is 4.25. The molecule has 2 aliphatic heterocycles. The number of hydrogen-bond donors (Lipinski definition) is 2. The minimum atomic E-state index is -0.620. The Kier molecular flexibility index (Phi) is 3.34. The minimum absolute atomic E-state index is 0.0614. The molecule has 22 heavy (non-hydrogen) atoms. The Labute approximate surface area is 137 Å². The van der Waals surface area contributed by atoms with Gasteiger partial charge < -0.3 is 10.6 Å². The normalized spacial score (nSPS) is 25.4. The topological polar surface area (TPSA) is 44.4 Å². The number of nitrogens with zero attached hydrogens (tertiary/aromatic N) is 1. The van der Waals surface area contributed by atoms with Gasteiger partial charge in [0.2, 0.25) is 0 Å². The predicted octanol–water partition coefficient (Wildman–Crippen LogP) is 2.59. The molecule has 1 amide bonds. The average Bonchev–Trinajstić information content (AvgIpc) is 2.57. The summed E-state index contributed by atoms with van der Waals surface area (Å²) in [6.45, 7) is 8.55. The molecule has 4 nitrogen and oxygen atoms in total. The smallest absolute Gasteiger partial charge is 0.259 e. The summed E-state index contributed by atoms with van der Waals surface area (Å²) in [5, 5.41) is 7.47. The van der Waals surface area contributed by atoms with Crippen LogP contribution < -0.4 is 15.5 Å². The van der Waals surface area contributed by atoms with Gasteiger partial charge in [-0.3, -0.25) is 9.69 Å². The van der Waals surface area contributed by atoms with E-state index in [-0.39, 0.29) is 17.0 Å². The Morgan fingerprint density at radius 3 is 2.14 bits per heavy atom. The summed E-state index contributed by atoms with van der Waals surface area (Å²) in [7, 11) is 0. The lowest BCUT2D eigenvalue weighted by Gasteiger charge is -2.50. The van der Waals surface area contributed by atoms with Crippen LogP contribution in [0.3, 0.4) is 0 Å². The predicted molar refractivity (Wildman–Crippen MR) is 92.9 cm³/mol. The van der Waals surface area contributed by atoms with Crippen LogP contribution in [0.4, 0.5) is 5.69 Å². The van der Waals surface area contributed by atoms with Crippen molar-refractivity contribution < 1.29 is 4.79 Å². The van der Waals surface area contributed by atoms with Gasteiger partial charge in [0.1, 0.15) is 5.54 Å². The molecular weight excluding hydrogens is 294 g/mol. The van der Waals surface area contributed by atoms with Gasteiger partial charge in [0.15, 0.2) is 5.11 Å². The number of thiocarbonyl (C=S) groups is 1. The first-order valence-corrected chi connectivity index (χ1v) is 8.06. The highest BCUT2D eigenvalue weighted by molar-refractivity contribution is 7.80. The third-order valence-corrected chi connectivity index (χ3v) is 4.63. The van der Waals surface area contributed by atoms with E-state index in [0.29, 0.717) is 18.0 Å². The minimum Gasteiger partial charge on any atom is -0.347 e. The van der Waals surface area contributed by atoms with Crippen molar-refractivity contribution in [1.29, 1.82) is 0 Å². The highest BCUT2D eigenvalue weighted by atomic mass is 32.1. The lowest BCUT2D eigenvalue weighted by atomic mass is 9.71. The molecule has 1 spiro atoms. The van der Waals surface area contributed by atoms with Crippen LogP contribution in [-0.2, 0) is 4.79 Å². The second kappa shape index (κ2) is 4.77. The second-order valence-electron chi connectivity index (χ2n) is 7.73. The number of carbonyl (C=O) groups excluding carboxylic acids is 1. The summed E-state index contributed by atoms with van der Waals surface area (Å²) in [4.78, 5) is 14.9. The van der Waals surface area contributed by atoms with Crippen LogP contribution in [0, 0.1) is 0 Å². The number of rotatable bonds is 1. The van der Waals surface area contributed by atoms with Gasteiger partial charge >= 0.3 is 0 Å². The third-order valence-electron chi connectivity index (χ3n) is 4.34. The molecule has 0 aromatic heterocycles. The summed E-state index contributed by atoms with van der Waals surface area (Å²) in [5.41, 5.74) is -0.0547. The van der Waals surface area contributed by atoms with Crippen molar-refractivity contribution in [2.75, 3.05) is 4.90 Å². The summed E-state index contributed by atoms with van der Waals surface area (Å²) < 4.78 is 0. The maximum Gasteiger partial charge on any atom is 0.259 e. The maximum atomic E-state index is 13.2. The standard InChI is InChI=1S/C17H23N3OS/c1-15(2)10-17(11-16(3,4)19-15)13(21)20(14(22)18-17)12-8-6-5-7-9-12/h5-9,19H,10-11H2,1-4H3,(H,18,22). The van der Waals surface area contributed by atoms with Gasteiger partial charge in [0, 0.05) is 11.1 Å². The van der Waals surface area contributed by atoms with E-state index < -0.39 is 5.54 Å². The largest absolute Gasteiger partial charge is 0.347 e. The number of para-hydroxylation sites is 1. The first-order valence-electron chi connectivity index (χ1n) is 7.65. The maximum absolute atomic E-state index is 13.2. The zero-order valence-electron chi connectivity index (χ0n) is 13.6. The van der Waals surface area contributed by atoms with E-state index in [1.165, 1.54) is 0 Å². The highest BCUT2D eigenvalue weighted by Crippen LogP contribution is 2.40. The van der Waals surface area contributed by atoms with Gasteiger partial charge in [-0.25, -0.2) is 0 Å². The van der Waals surface area contributed by atoms with Gasteiger partial charge in [0.05, 0.1) is 5.69 Å². The summed E-state index contributed by atoms with van der Waals surface area (Å²) >= 11 is 5.48. The van der Waals surface area contributed by atoms with E-state index in [4.69, 9.17) is 12.2 Å². The molecule has 2 heterocycles. The first-order chi connectivity index (χ1) is 10.1. The van der Waals surface area contributed by atoms with Crippen molar-refractivity contribution >= 4 is 28.9 Å². The Hall–Kier alpha value is -1.46. The zero-order chi connectivity index (χ0) is 16.2. The van der Waals surface area contributed by atoms with Crippen LogP contribution in [0.1, 0.15) is 40.5 Å². The molecule has 0 aliphatic carbocycles. The highest BCUT2D eigenvalue weighted by Gasteiger charge is 2.57. The molecule has 2 saturated heterocycles. The first kappa shape index (κ1) is 15.4. The van der Waals surface area contributed by atoms with E-state index in [2.05, 4.69) is 38.3 Å². The van der Waals surface area contributed by atoms with Crippen molar-refractivity contribution in [1.82, 2.24) is 10.6 Å². The third kappa shape index (κ3) is 2.52. The monoisotopic (exact) mass is 317 g/mol. The summed E-state index contributed by atoms with van der Waals surface area (Å²) in [6.07, 6.45) is 1.43. The number of carbonyl (C=O) groups is 1. The van der Waals surface area contributed by atoms with Crippen LogP contribution in [0.15, 0.2) is 30.3 Å². The molecule has 2 fully saturated rings. The van der Waals surface area contributed by atoms with Crippen LogP contribution in [-0.4, -0.2) is 27.6 Å². The molecule has 1 aromatic carbocycles. The number of hydrogen-bond acceptors (Lipinski definition) is 3. The Morgan fingerprint density at radius 1 is 1.05 bits per heavy atom. The quantitative estimate of drug-likeness (QED) is 0.782. The molecule has 0 bridgehead atoms. The molecule has 0 radical (unpaired) electrons. The molecule has 3 rings (SSSR count). The molecule has 0 atom stereocenters. The van der Waals surface area contributed by atoms with Crippen LogP contribution in [0.5, 0.6) is 0 Å². The fourth-order valence-corrected chi connectivity index (χ4v) is 4.63. The van der Waals surface area contributed by atoms with Gasteiger partial charge in [-0.2, -0.15) is 0 Å². The van der Waals surface area contributed by atoms with Crippen molar-refractivity contribution in [3.63, 3.8) is 0 Å². The fraction of sp³-hybridized carbons (Fsp3) is 0.529. The van der Waals surface area contributed by atoms with Gasteiger partial charge in [-0.15, -0.1) is 0 Å². The van der Waals surface area contributed by atoms with Crippen LogP contribution in [0.25, 0.3) is 0 Å². The Bertz CT molecular complexity index is 608. The number of anilines is 1. The zero-order valence-corrected chi connectivity index (χ0v) is 14.4. The number of piperidine rings is 1. The van der Waals surface area contributed by atoms with Gasteiger partial charge in [-0.1, -0.05) is 18.2 Å². The average molecular weight is 317 g/mol. The molecule has 1 aromatic rings. The Morgan fingerprint density at radius 2 is 1.59 bits per heavy atom. The molecule has 0 saturated carbocycles. The van der Waals surface area contributed by atoms with Crippen molar-refractivity contribution in [2.45, 2.75) is 57.2 Å². The Balaban J connectivity index is 2.00. The number of benzene rings is 1. The van der Waals surface area contributed by atoms with Crippen molar-refractivity contribution in [3.05, 3.63) is 30.3 Å². The lowest BCUT2D eigenvalue weighted by molar-refractivity contribution is -0.125.